The predicted molar refractivity (Wildman–Crippen MR) is 104 cm³/mol. The van der Waals surface area contributed by atoms with Crippen LogP contribution >= 0.6 is 0 Å². The van der Waals surface area contributed by atoms with Crippen LogP contribution in [-0.4, -0.2) is 31.7 Å². The van der Waals surface area contributed by atoms with Crippen molar-refractivity contribution in [2.75, 3.05) is 13.1 Å². The van der Waals surface area contributed by atoms with Crippen LogP contribution in [0.2, 0.25) is 0 Å². The van der Waals surface area contributed by atoms with Gasteiger partial charge in [-0.15, -0.1) is 0 Å². The molecule has 0 saturated carbocycles. The third-order valence-electron chi connectivity index (χ3n) is 5.75. The number of aryl methyl sites for hydroxylation is 1. The van der Waals surface area contributed by atoms with Gasteiger partial charge in [0.2, 0.25) is 0 Å². The Morgan fingerprint density at radius 1 is 1.07 bits per heavy atom. The maximum absolute atomic E-state index is 13.1. The summed E-state index contributed by atoms with van der Waals surface area (Å²) in [5.74, 6) is 0.804. The quantitative estimate of drug-likeness (QED) is 0.690. The summed E-state index contributed by atoms with van der Waals surface area (Å²) in [5.41, 5.74) is 4.34. The number of sulfone groups is 1. The second-order valence-electron chi connectivity index (χ2n) is 7.60. The number of benzene rings is 2. The van der Waals surface area contributed by atoms with Crippen LogP contribution in [0, 0.1) is 6.92 Å². The lowest BCUT2D eigenvalue weighted by Crippen LogP contribution is -2.25. The van der Waals surface area contributed by atoms with Crippen LogP contribution in [0.4, 0.5) is 0 Å². The fourth-order valence-corrected chi connectivity index (χ4v) is 6.71. The predicted octanol–water partition coefficient (Wildman–Crippen LogP) is 4.01. The lowest BCUT2D eigenvalue weighted by Gasteiger charge is -2.17. The Hall–Kier alpha value is -2.37. The first kappa shape index (κ1) is 16.8. The number of hydrogen-bond acceptors (Lipinski definition) is 4. The molecule has 3 heterocycles. The topological polar surface area (TPSA) is 50.5 Å². The van der Waals surface area contributed by atoms with Gasteiger partial charge in [-0.05, 0) is 48.4 Å². The molecule has 3 aromatic rings. The van der Waals surface area contributed by atoms with Gasteiger partial charge >= 0.3 is 0 Å². The summed E-state index contributed by atoms with van der Waals surface area (Å²) in [6.45, 7) is 4.23. The monoisotopic (exact) mass is 379 g/mol. The standard InChI is InChI=1S/C22H21NO3S/c1-15-4-2-5-16(10-15)12-23-13-19-18-11-17(20-6-3-9-26-20)7-8-21(18)27(24,25)22(19)14-23/h2-11,19,22H,12-14H2,1H3/t19-,22+/m1/s1. The van der Waals surface area contributed by atoms with E-state index >= 15 is 0 Å². The number of rotatable bonds is 3. The minimum Gasteiger partial charge on any atom is -0.464 e. The summed E-state index contributed by atoms with van der Waals surface area (Å²) in [7, 11) is -3.27. The van der Waals surface area contributed by atoms with Gasteiger partial charge in [-0.3, -0.25) is 4.90 Å². The minimum absolute atomic E-state index is 0.0321. The molecule has 5 rings (SSSR count). The Morgan fingerprint density at radius 3 is 2.74 bits per heavy atom. The molecule has 5 heteroatoms. The van der Waals surface area contributed by atoms with E-state index in [1.165, 1.54) is 11.1 Å². The fourth-order valence-electron chi connectivity index (χ4n) is 4.52. The van der Waals surface area contributed by atoms with Crippen molar-refractivity contribution in [1.82, 2.24) is 4.90 Å². The summed E-state index contributed by atoms with van der Waals surface area (Å²) < 4.78 is 31.6. The largest absolute Gasteiger partial charge is 0.464 e. The Bertz CT molecular complexity index is 1100. The maximum Gasteiger partial charge on any atom is 0.183 e. The molecule has 2 aliphatic heterocycles. The van der Waals surface area contributed by atoms with Crippen LogP contribution in [0.5, 0.6) is 0 Å². The Balaban J connectivity index is 1.47. The lowest BCUT2D eigenvalue weighted by molar-refractivity contribution is 0.325. The van der Waals surface area contributed by atoms with E-state index in [0.717, 1.165) is 30.0 Å². The van der Waals surface area contributed by atoms with E-state index in [4.69, 9.17) is 4.42 Å². The molecule has 0 bridgehead atoms. The summed E-state index contributed by atoms with van der Waals surface area (Å²) in [6.07, 6.45) is 1.64. The summed E-state index contributed by atoms with van der Waals surface area (Å²) in [5, 5.41) is -0.343. The van der Waals surface area contributed by atoms with E-state index in [0.29, 0.717) is 11.4 Å². The Labute approximate surface area is 159 Å². The van der Waals surface area contributed by atoms with Crippen LogP contribution in [0.3, 0.4) is 0 Å². The molecule has 0 aliphatic carbocycles. The van der Waals surface area contributed by atoms with E-state index < -0.39 is 9.84 Å². The highest BCUT2D eigenvalue weighted by Crippen LogP contribution is 2.46. The first-order valence-electron chi connectivity index (χ1n) is 9.22. The number of furan rings is 1. The van der Waals surface area contributed by atoms with E-state index in [9.17, 15) is 8.42 Å². The summed E-state index contributed by atoms with van der Waals surface area (Å²) in [4.78, 5) is 2.77. The number of likely N-dealkylation sites (tertiary alicyclic amines) is 1. The summed E-state index contributed by atoms with van der Waals surface area (Å²) in [6, 6.07) is 17.8. The molecule has 27 heavy (non-hydrogen) atoms. The molecule has 0 unspecified atom stereocenters. The molecule has 0 N–H and O–H groups in total. The Morgan fingerprint density at radius 2 is 1.96 bits per heavy atom. The van der Waals surface area contributed by atoms with Gasteiger partial charge in [0.25, 0.3) is 0 Å². The van der Waals surface area contributed by atoms with Gasteiger partial charge in [-0.1, -0.05) is 29.8 Å². The van der Waals surface area contributed by atoms with Gasteiger partial charge in [0, 0.05) is 31.1 Å². The molecule has 0 spiro atoms. The van der Waals surface area contributed by atoms with Crippen LogP contribution in [-0.2, 0) is 16.4 Å². The van der Waals surface area contributed by atoms with Crippen molar-refractivity contribution in [2.24, 2.45) is 0 Å². The lowest BCUT2D eigenvalue weighted by atomic mass is 9.96. The molecular weight excluding hydrogens is 358 g/mol. The average Bonchev–Trinajstić information content (AvgIpc) is 3.34. The SMILES string of the molecule is Cc1cccc(CN2C[C@@H]3c4cc(-c5ccco5)ccc4S(=O)(=O)[C@H]3C2)c1. The smallest absolute Gasteiger partial charge is 0.183 e. The third-order valence-corrected chi connectivity index (χ3v) is 8.01. The molecule has 4 nitrogen and oxygen atoms in total. The molecule has 1 aromatic heterocycles. The molecule has 2 aliphatic rings. The van der Waals surface area contributed by atoms with Gasteiger partial charge < -0.3 is 4.42 Å². The zero-order valence-electron chi connectivity index (χ0n) is 15.1. The highest BCUT2D eigenvalue weighted by atomic mass is 32.2. The molecule has 2 aromatic carbocycles. The van der Waals surface area contributed by atoms with E-state index in [1.807, 2.05) is 24.3 Å². The minimum atomic E-state index is -3.27. The molecule has 2 atom stereocenters. The fraction of sp³-hybridized carbons (Fsp3) is 0.273. The van der Waals surface area contributed by atoms with E-state index in [1.54, 1.807) is 12.3 Å². The van der Waals surface area contributed by atoms with Crippen molar-refractivity contribution in [2.45, 2.75) is 29.5 Å². The maximum atomic E-state index is 13.1. The van der Waals surface area contributed by atoms with Crippen LogP contribution < -0.4 is 0 Å². The van der Waals surface area contributed by atoms with Crippen molar-refractivity contribution in [3.63, 3.8) is 0 Å². The van der Waals surface area contributed by atoms with Crippen molar-refractivity contribution in [3.05, 3.63) is 77.6 Å². The second-order valence-corrected chi connectivity index (χ2v) is 9.74. The van der Waals surface area contributed by atoms with E-state index in [2.05, 4.69) is 36.1 Å². The highest BCUT2D eigenvalue weighted by molar-refractivity contribution is 7.92. The third kappa shape index (κ3) is 2.73. The molecule has 1 saturated heterocycles. The van der Waals surface area contributed by atoms with Gasteiger partial charge in [-0.25, -0.2) is 8.42 Å². The van der Waals surface area contributed by atoms with Crippen molar-refractivity contribution in [3.8, 4) is 11.3 Å². The number of fused-ring (bicyclic) bond motifs is 3. The molecule has 138 valence electrons. The average molecular weight is 379 g/mol. The first-order chi connectivity index (χ1) is 13.0. The normalized spacial score (nSPS) is 23.3. The van der Waals surface area contributed by atoms with Crippen LogP contribution in [0.1, 0.15) is 22.6 Å². The van der Waals surface area contributed by atoms with Crippen LogP contribution in [0.15, 0.2) is 70.2 Å². The van der Waals surface area contributed by atoms with Gasteiger partial charge in [0.05, 0.1) is 16.4 Å². The number of hydrogen-bond donors (Lipinski definition) is 0. The van der Waals surface area contributed by atoms with Crippen molar-refractivity contribution >= 4 is 9.84 Å². The molecule has 1 fully saturated rings. The zero-order valence-corrected chi connectivity index (χ0v) is 15.9. The van der Waals surface area contributed by atoms with Crippen LogP contribution in [0.25, 0.3) is 11.3 Å². The molecule has 0 radical (unpaired) electrons. The van der Waals surface area contributed by atoms with Gasteiger partial charge in [-0.2, -0.15) is 0 Å². The first-order valence-corrected chi connectivity index (χ1v) is 10.8. The van der Waals surface area contributed by atoms with Gasteiger partial charge in [0.1, 0.15) is 5.76 Å². The highest BCUT2D eigenvalue weighted by Gasteiger charge is 2.50. The van der Waals surface area contributed by atoms with E-state index in [-0.39, 0.29) is 11.2 Å². The van der Waals surface area contributed by atoms with Crippen molar-refractivity contribution < 1.29 is 12.8 Å². The number of nitrogens with zero attached hydrogens (tertiary/aromatic N) is 1. The summed E-state index contributed by atoms with van der Waals surface area (Å²) >= 11 is 0. The van der Waals surface area contributed by atoms with Crippen molar-refractivity contribution in [1.29, 1.82) is 0 Å². The molecule has 0 amide bonds. The zero-order chi connectivity index (χ0) is 18.6. The molecular formula is C22H21NO3S. The Kier molecular flexibility index (Phi) is 3.78. The van der Waals surface area contributed by atoms with Gasteiger partial charge in [0.15, 0.2) is 9.84 Å². The second kappa shape index (κ2) is 6.08.